The number of aromatic nitrogens is 2. The van der Waals surface area contributed by atoms with Crippen molar-refractivity contribution < 1.29 is 18.7 Å². The van der Waals surface area contributed by atoms with Crippen LogP contribution in [0.2, 0.25) is 0 Å². The van der Waals surface area contributed by atoms with E-state index in [4.69, 9.17) is 4.74 Å². The number of amides is 2. The van der Waals surface area contributed by atoms with Gasteiger partial charge in [-0.25, -0.2) is 9.07 Å². The van der Waals surface area contributed by atoms with E-state index in [0.717, 1.165) is 5.69 Å². The molecule has 0 spiro atoms. The predicted octanol–water partition coefficient (Wildman–Crippen LogP) is 2.17. The summed E-state index contributed by atoms with van der Waals surface area (Å²) in [5.41, 5.74) is 6.14. The molecular weight excluding hydrogens is 363 g/mol. The van der Waals surface area contributed by atoms with Crippen molar-refractivity contribution in [1.29, 1.82) is 0 Å². The van der Waals surface area contributed by atoms with Crippen molar-refractivity contribution in [1.82, 2.24) is 20.6 Å². The number of hydrazine groups is 1. The van der Waals surface area contributed by atoms with Gasteiger partial charge in [0.05, 0.1) is 18.3 Å². The Kier molecular flexibility index (Phi) is 6.01. The van der Waals surface area contributed by atoms with Gasteiger partial charge < -0.3 is 4.74 Å². The first kappa shape index (κ1) is 19.1. The van der Waals surface area contributed by atoms with Gasteiger partial charge in [0, 0.05) is 6.20 Å². The van der Waals surface area contributed by atoms with Gasteiger partial charge in [-0.3, -0.25) is 20.4 Å². The Labute approximate surface area is 161 Å². The molecule has 2 amide bonds. The maximum Gasteiger partial charge on any atom is 0.279 e. The largest absolute Gasteiger partial charge is 0.478 e. The molecule has 0 aliphatic carbocycles. The lowest BCUT2D eigenvalue weighted by atomic mass is 10.2. The van der Waals surface area contributed by atoms with Gasteiger partial charge in [0.15, 0.2) is 17.7 Å². The number of nitrogens with zero attached hydrogens (tertiary/aromatic N) is 2. The van der Waals surface area contributed by atoms with Crippen LogP contribution in [-0.4, -0.2) is 27.7 Å². The molecule has 0 saturated carbocycles. The second kappa shape index (κ2) is 8.81. The summed E-state index contributed by atoms with van der Waals surface area (Å²) in [6.45, 7) is 1.46. The molecule has 2 N–H and O–H groups in total. The molecule has 1 aromatic heterocycles. The van der Waals surface area contributed by atoms with Crippen LogP contribution in [0.4, 0.5) is 4.39 Å². The van der Waals surface area contributed by atoms with Crippen LogP contribution in [0.25, 0.3) is 5.69 Å². The number of carbonyl (C=O) groups excluding carboxylic acids is 2. The number of para-hydroxylation sites is 2. The standard InChI is InChI=1S/C20H19FN4O3/c1-14(28-18-10-6-5-9-17(18)21)20(27)24-23-19(26)11-15-12-22-25(13-15)16-7-3-2-4-8-16/h2-10,12-14H,11H2,1H3,(H,23,26)(H,24,27)/t14-/m0/s1. The Balaban J connectivity index is 1.48. The zero-order chi connectivity index (χ0) is 19.9. The van der Waals surface area contributed by atoms with E-state index in [0.29, 0.717) is 5.56 Å². The number of rotatable bonds is 6. The summed E-state index contributed by atoms with van der Waals surface area (Å²) >= 11 is 0. The topological polar surface area (TPSA) is 85.2 Å². The van der Waals surface area contributed by atoms with E-state index in [1.165, 1.54) is 25.1 Å². The molecule has 0 fully saturated rings. The fourth-order valence-corrected chi connectivity index (χ4v) is 2.42. The smallest absolute Gasteiger partial charge is 0.279 e. The monoisotopic (exact) mass is 382 g/mol. The zero-order valence-electron chi connectivity index (χ0n) is 15.1. The number of hydrogen-bond acceptors (Lipinski definition) is 4. The minimum atomic E-state index is -0.988. The summed E-state index contributed by atoms with van der Waals surface area (Å²) in [5, 5.41) is 4.21. The molecule has 3 rings (SSSR count). The van der Waals surface area contributed by atoms with Crippen molar-refractivity contribution in [3.05, 3.63) is 78.4 Å². The van der Waals surface area contributed by atoms with Crippen molar-refractivity contribution in [2.24, 2.45) is 0 Å². The Bertz CT molecular complexity index is 959. The summed E-state index contributed by atoms with van der Waals surface area (Å²) in [6, 6.07) is 15.3. The maximum atomic E-state index is 13.6. The Morgan fingerprint density at radius 2 is 1.82 bits per heavy atom. The van der Waals surface area contributed by atoms with Gasteiger partial charge in [-0.05, 0) is 36.8 Å². The van der Waals surface area contributed by atoms with Gasteiger partial charge in [-0.2, -0.15) is 5.10 Å². The molecule has 2 aromatic carbocycles. The van der Waals surface area contributed by atoms with Crippen molar-refractivity contribution in [2.75, 3.05) is 0 Å². The van der Waals surface area contributed by atoms with Crippen molar-refractivity contribution in [2.45, 2.75) is 19.4 Å². The average molecular weight is 382 g/mol. The number of halogens is 1. The minimum Gasteiger partial charge on any atom is -0.478 e. The number of carbonyl (C=O) groups is 2. The van der Waals surface area contributed by atoms with Crippen LogP contribution in [0.1, 0.15) is 12.5 Å². The lowest BCUT2D eigenvalue weighted by Crippen LogP contribution is -2.47. The number of hydrogen-bond donors (Lipinski definition) is 2. The summed E-state index contributed by atoms with van der Waals surface area (Å²) in [7, 11) is 0. The molecule has 8 heteroatoms. The summed E-state index contributed by atoms with van der Waals surface area (Å²) in [4.78, 5) is 24.0. The van der Waals surface area contributed by atoms with E-state index in [1.54, 1.807) is 23.1 Å². The Hall–Kier alpha value is -3.68. The van der Waals surface area contributed by atoms with Gasteiger partial charge in [-0.15, -0.1) is 0 Å². The van der Waals surface area contributed by atoms with Crippen molar-refractivity contribution in [3.63, 3.8) is 0 Å². The van der Waals surface area contributed by atoms with Crippen LogP contribution < -0.4 is 15.6 Å². The zero-order valence-corrected chi connectivity index (χ0v) is 15.1. The fraction of sp³-hybridized carbons (Fsp3) is 0.150. The van der Waals surface area contributed by atoms with Crippen LogP contribution in [0.15, 0.2) is 67.0 Å². The lowest BCUT2D eigenvalue weighted by molar-refractivity contribution is -0.132. The molecule has 3 aromatic rings. The third-order valence-corrected chi connectivity index (χ3v) is 3.86. The van der Waals surface area contributed by atoms with Crippen molar-refractivity contribution in [3.8, 4) is 11.4 Å². The summed E-state index contributed by atoms with van der Waals surface area (Å²) in [5.74, 6) is -1.62. The normalized spacial score (nSPS) is 11.5. The molecule has 0 unspecified atom stereocenters. The van der Waals surface area contributed by atoms with Crippen LogP contribution >= 0.6 is 0 Å². The molecule has 0 radical (unpaired) electrons. The first-order valence-electron chi connectivity index (χ1n) is 8.62. The highest BCUT2D eigenvalue weighted by molar-refractivity contribution is 5.85. The fourth-order valence-electron chi connectivity index (χ4n) is 2.42. The van der Waals surface area contributed by atoms with Crippen molar-refractivity contribution >= 4 is 11.8 Å². The highest BCUT2D eigenvalue weighted by atomic mass is 19.1. The minimum absolute atomic E-state index is 0.0372. The third kappa shape index (κ3) is 4.94. The van der Waals surface area contributed by atoms with Crippen LogP contribution in [0, 0.1) is 5.82 Å². The number of nitrogens with one attached hydrogen (secondary N) is 2. The summed E-state index contributed by atoms with van der Waals surface area (Å²) in [6.07, 6.45) is 2.37. The molecular formula is C20H19FN4O3. The predicted molar refractivity (Wildman–Crippen MR) is 100 cm³/mol. The lowest BCUT2D eigenvalue weighted by Gasteiger charge is -2.15. The van der Waals surface area contributed by atoms with E-state index in [1.807, 2.05) is 30.3 Å². The first-order valence-corrected chi connectivity index (χ1v) is 8.62. The van der Waals surface area contributed by atoms with Gasteiger partial charge in [0.25, 0.3) is 5.91 Å². The van der Waals surface area contributed by atoms with Gasteiger partial charge >= 0.3 is 0 Å². The van der Waals surface area contributed by atoms with Gasteiger partial charge in [0.1, 0.15) is 0 Å². The van der Waals surface area contributed by atoms with E-state index in [2.05, 4.69) is 16.0 Å². The average Bonchev–Trinajstić information content (AvgIpc) is 3.17. The number of benzene rings is 2. The maximum absolute atomic E-state index is 13.6. The SMILES string of the molecule is C[C@H](Oc1ccccc1F)C(=O)NNC(=O)Cc1cnn(-c2ccccc2)c1. The first-order chi connectivity index (χ1) is 13.5. The molecule has 7 nitrogen and oxygen atoms in total. The van der Waals surface area contributed by atoms with E-state index in [-0.39, 0.29) is 12.2 Å². The Morgan fingerprint density at radius 1 is 1.11 bits per heavy atom. The molecule has 1 heterocycles. The molecule has 0 aliphatic rings. The second-order valence-electron chi connectivity index (χ2n) is 6.03. The highest BCUT2D eigenvalue weighted by Gasteiger charge is 2.17. The molecule has 28 heavy (non-hydrogen) atoms. The quantitative estimate of drug-likeness (QED) is 0.640. The van der Waals surface area contributed by atoms with Crippen LogP contribution in [-0.2, 0) is 16.0 Å². The third-order valence-electron chi connectivity index (χ3n) is 3.86. The van der Waals surface area contributed by atoms with Gasteiger partial charge in [0.2, 0.25) is 5.91 Å². The molecule has 1 atom stereocenters. The van der Waals surface area contributed by atoms with E-state index < -0.39 is 23.7 Å². The van der Waals surface area contributed by atoms with Crippen LogP contribution in [0.5, 0.6) is 5.75 Å². The molecule has 144 valence electrons. The van der Waals surface area contributed by atoms with E-state index >= 15 is 0 Å². The molecule has 0 bridgehead atoms. The van der Waals surface area contributed by atoms with E-state index in [9.17, 15) is 14.0 Å². The highest BCUT2D eigenvalue weighted by Crippen LogP contribution is 2.16. The molecule has 0 saturated heterocycles. The molecule has 0 aliphatic heterocycles. The second-order valence-corrected chi connectivity index (χ2v) is 6.03. The summed E-state index contributed by atoms with van der Waals surface area (Å²) < 4.78 is 20.5. The van der Waals surface area contributed by atoms with Crippen LogP contribution in [0.3, 0.4) is 0 Å². The van der Waals surface area contributed by atoms with Gasteiger partial charge in [-0.1, -0.05) is 30.3 Å². The Morgan fingerprint density at radius 3 is 2.57 bits per heavy atom. The number of ether oxygens (including phenoxy) is 1.